The normalized spacial score (nSPS) is 12.5. The zero-order valence-electron chi connectivity index (χ0n) is 26.5. The highest BCUT2D eigenvalue weighted by atomic mass is 16.5. The summed E-state index contributed by atoms with van der Waals surface area (Å²) in [5.74, 6) is 1.79. The van der Waals surface area contributed by atoms with Crippen molar-refractivity contribution in [3.63, 3.8) is 0 Å². The molecule has 0 radical (unpaired) electrons. The van der Waals surface area contributed by atoms with Crippen molar-refractivity contribution < 1.29 is 29.2 Å². The highest BCUT2D eigenvalue weighted by Gasteiger charge is 2.22. The van der Waals surface area contributed by atoms with Crippen molar-refractivity contribution in [3.05, 3.63) is 132 Å². The third kappa shape index (κ3) is 9.84. The Labute approximate surface area is 275 Å². The average molecular weight is 636 g/mol. The van der Waals surface area contributed by atoms with Gasteiger partial charge in [-0.3, -0.25) is 14.7 Å². The first-order valence-corrected chi connectivity index (χ1v) is 15.7. The number of methoxy groups -OCH3 is 1. The van der Waals surface area contributed by atoms with Gasteiger partial charge in [-0.1, -0.05) is 60.7 Å². The number of aliphatic hydroxyl groups is 2. The second-order valence-electron chi connectivity index (χ2n) is 11.3. The SMILES string of the molecule is COCCNC(=O)c1ccc2c(Oc3ccc(C[C@@H](CO)N(Cc4ccccc4)C[C@H](O)COc4ccccc4)cc3)ccnc2c1. The van der Waals surface area contributed by atoms with E-state index in [0.717, 1.165) is 16.5 Å². The number of hydrogen-bond acceptors (Lipinski definition) is 8. The number of carbonyl (C=O) groups excluding carboxylic acids is 1. The van der Waals surface area contributed by atoms with Gasteiger partial charge < -0.3 is 29.7 Å². The topological polar surface area (TPSA) is 113 Å². The molecule has 9 heteroatoms. The molecule has 3 N–H and O–H groups in total. The number of pyridine rings is 1. The molecule has 47 heavy (non-hydrogen) atoms. The van der Waals surface area contributed by atoms with Crippen LogP contribution in [0, 0.1) is 0 Å². The summed E-state index contributed by atoms with van der Waals surface area (Å²) < 4.78 is 17.0. The van der Waals surface area contributed by atoms with E-state index in [1.807, 2.05) is 91.0 Å². The second-order valence-corrected chi connectivity index (χ2v) is 11.3. The van der Waals surface area contributed by atoms with Crippen molar-refractivity contribution in [2.75, 3.05) is 40.0 Å². The van der Waals surface area contributed by atoms with Crippen LogP contribution < -0.4 is 14.8 Å². The molecule has 0 fully saturated rings. The minimum Gasteiger partial charge on any atom is -0.491 e. The summed E-state index contributed by atoms with van der Waals surface area (Å²) in [6.45, 7) is 1.84. The molecule has 0 saturated carbocycles. The molecule has 244 valence electrons. The quantitative estimate of drug-likeness (QED) is 0.119. The highest BCUT2D eigenvalue weighted by Crippen LogP contribution is 2.30. The number of carbonyl (C=O) groups is 1. The van der Waals surface area contributed by atoms with Crippen LogP contribution in [0.3, 0.4) is 0 Å². The lowest BCUT2D eigenvalue weighted by Crippen LogP contribution is -2.44. The summed E-state index contributed by atoms with van der Waals surface area (Å²) in [4.78, 5) is 19.0. The summed E-state index contributed by atoms with van der Waals surface area (Å²) in [7, 11) is 1.59. The van der Waals surface area contributed by atoms with Gasteiger partial charge in [-0.25, -0.2) is 0 Å². The molecule has 9 nitrogen and oxygen atoms in total. The molecular weight excluding hydrogens is 594 g/mol. The first-order valence-electron chi connectivity index (χ1n) is 15.7. The Morgan fingerprint density at radius 3 is 2.36 bits per heavy atom. The van der Waals surface area contributed by atoms with Gasteiger partial charge in [-0.2, -0.15) is 0 Å². The lowest BCUT2D eigenvalue weighted by atomic mass is 10.0. The second kappa shape index (κ2) is 17.2. The standard InChI is InChI=1S/C38H41N3O6/c1-45-21-20-40-38(44)30-14-17-35-36(23-30)39-19-18-37(35)47-34-15-12-28(13-16-34)22-31(26-42)41(24-29-8-4-2-5-9-29)25-32(43)27-46-33-10-6-3-7-11-33/h2-19,23,31-32,42-43H,20-22,24-27H2,1H3,(H,40,44)/t31-,32-/m0/s1. The monoisotopic (exact) mass is 635 g/mol. The molecule has 1 heterocycles. The predicted molar refractivity (Wildman–Crippen MR) is 182 cm³/mol. The number of ether oxygens (including phenoxy) is 3. The Balaban J connectivity index is 1.25. The predicted octanol–water partition coefficient (Wildman–Crippen LogP) is 5.25. The van der Waals surface area contributed by atoms with Crippen LogP contribution in [-0.4, -0.2) is 78.2 Å². The molecule has 0 aliphatic carbocycles. The van der Waals surface area contributed by atoms with Gasteiger partial charge in [-0.05, 0) is 66.1 Å². The maximum Gasteiger partial charge on any atom is 0.251 e. The molecule has 0 spiro atoms. The van der Waals surface area contributed by atoms with E-state index in [2.05, 4.69) is 15.2 Å². The van der Waals surface area contributed by atoms with Crippen LogP contribution >= 0.6 is 0 Å². The Bertz CT molecular complexity index is 1690. The average Bonchev–Trinajstić information content (AvgIpc) is 3.11. The van der Waals surface area contributed by atoms with Crippen molar-refractivity contribution in [1.29, 1.82) is 0 Å². The van der Waals surface area contributed by atoms with Gasteiger partial charge in [0.15, 0.2) is 0 Å². The van der Waals surface area contributed by atoms with Crippen LogP contribution in [0.15, 0.2) is 115 Å². The smallest absolute Gasteiger partial charge is 0.251 e. The molecule has 4 aromatic carbocycles. The number of nitrogens with zero attached hydrogens (tertiary/aromatic N) is 2. The number of aromatic nitrogens is 1. The zero-order chi connectivity index (χ0) is 32.8. The van der Waals surface area contributed by atoms with E-state index in [1.54, 1.807) is 31.5 Å². The Morgan fingerprint density at radius 2 is 1.64 bits per heavy atom. The summed E-state index contributed by atoms with van der Waals surface area (Å²) >= 11 is 0. The molecule has 1 amide bonds. The first-order chi connectivity index (χ1) is 23.0. The molecule has 0 aliphatic heterocycles. The van der Waals surface area contributed by atoms with Gasteiger partial charge in [0, 0.05) is 49.9 Å². The summed E-state index contributed by atoms with van der Waals surface area (Å²) in [6.07, 6.45) is 1.48. The van der Waals surface area contributed by atoms with Crippen LogP contribution in [0.5, 0.6) is 17.2 Å². The molecule has 2 atom stereocenters. The van der Waals surface area contributed by atoms with E-state index >= 15 is 0 Å². The third-order valence-electron chi connectivity index (χ3n) is 7.77. The van der Waals surface area contributed by atoms with Crippen LogP contribution in [-0.2, 0) is 17.7 Å². The van der Waals surface area contributed by atoms with Crippen molar-refractivity contribution in [3.8, 4) is 17.2 Å². The fourth-order valence-corrected chi connectivity index (χ4v) is 5.32. The maximum absolute atomic E-state index is 12.5. The molecule has 5 rings (SSSR count). The molecule has 0 saturated heterocycles. The largest absolute Gasteiger partial charge is 0.491 e. The summed E-state index contributed by atoms with van der Waals surface area (Å²) in [6, 6.07) is 34.1. The molecule has 5 aromatic rings. The fraction of sp³-hybridized carbons (Fsp3) is 0.263. The van der Waals surface area contributed by atoms with E-state index in [4.69, 9.17) is 14.2 Å². The Kier molecular flexibility index (Phi) is 12.3. The van der Waals surface area contributed by atoms with Crippen molar-refractivity contribution in [1.82, 2.24) is 15.2 Å². The third-order valence-corrected chi connectivity index (χ3v) is 7.77. The first kappa shape index (κ1) is 33.6. The van der Waals surface area contributed by atoms with Gasteiger partial charge in [0.2, 0.25) is 0 Å². The van der Waals surface area contributed by atoms with Crippen LogP contribution in [0.25, 0.3) is 10.9 Å². The molecule has 0 aliphatic rings. The number of nitrogens with one attached hydrogen (secondary N) is 1. The van der Waals surface area contributed by atoms with E-state index in [9.17, 15) is 15.0 Å². The lowest BCUT2D eigenvalue weighted by molar-refractivity contribution is 0.0335. The van der Waals surface area contributed by atoms with Gasteiger partial charge in [-0.15, -0.1) is 0 Å². The fourth-order valence-electron chi connectivity index (χ4n) is 5.32. The van der Waals surface area contributed by atoms with Gasteiger partial charge in [0.25, 0.3) is 5.91 Å². The zero-order valence-corrected chi connectivity index (χ0v) is 26.5. The number of aliphatic hydroxyl groups excluding tert-OH is 2. The number of fused-ring (bicyclic) bond motifs is 1. The van der Waals surface area contributed by atoms with Crippen molar-refractivity contribution in [2.24, 2.45) is 0 Å². The van der Waals surface area contributed by atoms with Crippen LogP contribution in [0.2, 0.25) is 0 Å². The molecule has 0 bridgehead atoms. The van der Waals surface area contributed by atoms with E-state index < -0.39 is 6.10 Å². The van der Waals surface area contributed by atoms with Gasteiger partial charge in [0.1, 0.15) is 30.0 Å². The van der Waals surface area contributed by atoms with E-state index in [0.29, 0.717) is 61.0 Å². The Morgan fingerprint density at radius 1 is 0.894 bits per heavy atom. The minimum atomic E-state index is -0.750. The molecule has 0 unspecified atom stereocenters. The number of para-hydroxylation sites is 1. The molecular formula is C38H41N3O6. The van der Waals surface area contributed by atoms with E-state index in [-0.39, 0.29) is 25.2 Å². The van der Waals surface area contributed by atoms with E-state index in [1.165, 1.54) is 0 Å². The minimum absolute atomic E-state index is 0.0766. The van der Waals surface area contributed by atoms with Gasteiger partial charge in [0.05, 0.1) is 18.7 Å². The van der Waals surface area contributed by atoms with Crippen LogP contribution in [0.1, 0.15) is 21.5 Å². The lowest BCUT2D eigenvalue weighted by Gasteiger charge is -2.32. The maximum atomic E-state index is 12.5. The number of rotatable bonds is 17. The number of amides is 1. The number of benzene rings is 4. The summed E-state index contributed by atoms with van der Waals surface area (Å²) in [5, 5.41) is 25.0. The van der Waals surface area contributed by atoms with Crippen LogP contribution in [0.4, 0.5) is 0 Å². The highest BCUT2D eigenvalue weighted by molar-refractivity contribution is 5.98. The Hall–Kier alpha value is -4.80. The van der Waals surface area contributed by atoms with Gasteiger partial charge >= 0.3 is 0 Å². The van der Waals surface area contributed by atoms with Crippen molar-refractivity contribution in [2.45, 2.75) is 25.1 Å². The number of hydrogen-bond donors (Lipinski definition) is 3. The molecule has 1 aromatic heterocycles. The summed E-state index contributed by atoms with van der Waals surface area (Å²) in [5.41, 5.74) is 3.28. The van der Waals surface area contributed by atoms with Crippen molar-refractivity contribution >= 4 is 16.8 Å².